The molecular weight excluding hydrogens is 314 g/mol. The average Bonchev–Trinajstić information content (AvgIpc) is 3.07. The van der Waals surface area contributed by atoms with Gasteiger partial charge in [0.1, 0.15) is 0 Å². The van der Waals surface area contributed by atoms with Crippen LogP contribution >= 0.6 is 15.9 Å². The Hall–Kier alpha value is -1.34. The number of amides is 1. The minimum atomic E-state index is -0.145. The summed E-state index contributed by atoms with van der Waals surface area (Å²) in [7, 11) is 0. The Kier molecular flexibility index (Phi) is 3.56. The van der Waals surface area contributed by atoms with E-state index in [1.807, 2.05) is 0 Å². The molecule has 6 nitrogen and oxygen atoms in total. The number of carbonyl (C=O) groups is 1. The fourth-order valence-electron chi connectivity index (χ4n) is 2.22. The molecule has 102 valence electrons. The third-order valence-corrected chi connectivity index (χ3v) is 3.57. The molecule has 2 aliphatic heterocycles. The predicted octanol–water partition coefficient (Wildman–Crippen LogP) is 1.19. The van der Waals surface area contributed by atoms with Crippen molar-refractivity contribution in [3.05, 3.63) is 22.6 Å². The third kappa shape index (κ3) is 2.52. The average molecular weight is 328 g/mol. The number of hydrogen-bond acceptors (Lipinski definition) is 5. The van der Waals surface area contributed by atoms with Gasteiger partial charge in [0, 0.05) is 19.6 Å². The van der Waals surface area contributed by atoms with Crippen LogP contribution in [0.15, 0.2) is 26.2 Å². The van der Waals surface area contributed by atoms with Gasteiger partial charge < -0.3 is 14.1 Å². The summed E-state index contributed by atoms with van der Waals surface area (Å²) in [5.41, 5.74) is 0. The van der Waals surface area contributed by atoms with Gasteiger partial charge in [-0.05, 0) is 28.1 Å². The summed E-state index contributed by atoms with van der Waals surface area (Å²) >= 11 is 3.21. The summed E-state index contributed by atoms with van der Waals surface area (Å²) in [5, 5.41) is 0. The van der Waals surface area contributed by atoms with E-state index in [2.05, 4.69) is 25.8 Å². The van der Waals surface area contributed by atoms with E-state index < -0.39 is 0 Å². The Bertz CT molecular complexity index is 508. The van der Waals surface area contributed by atoms with Gasteiger partial charge in [-0.3, -0.25) is 14.7 Å². The maximum absolute atomic E-state index is 12.4. The van der Waals surface area contributed by atoms with Gasteiger partial charge in [0.15, 0.2) is 10.4 Å². The first-order valence-corrected chi connectivity index (χ1v) is 6.99. The van der Waals surface area contributed by atoms with Crippen molar-refractivity contribution in [1.82, 2.24) is 9.80 Å². The largest absolute Gasteiger partial charge is 0.444 e. The van der Waals surface area contributed by atoms with Crippen molar-refractivity contribution in [1.29, 1.82) is 0 Å². The summed E-state index contributed by atoms with van der Waals surface area (Å²) in [6.45, 7) is 4.12. The number of carbonyl (C=O) groups excluding carboxylic acids is 1. The zero-order valence-corrected chi connectivity index (χ0v) is 11.9. The zero-order chi connectivity index (χ0) is 13.2. The molecule has 0 saturated carbocycles. The third-order valence-electron chi connectivity index (χ3n) is 3.14. The van der Waals surface area contributed by atoms with Crippen LogP contribution in [0.25, 0.3) is 0 Å². The second-order valence-corrected chi connectivity index (χ2v) is 5.12. The molecule has 0 aliphatic carbocycles. The van der Waals surface area contributed by atoms with Gasteiger partial charge in [-0.2, -0.15) is 0 Å². The van der Waals surface area contributed by atoms with Crippen molar-refractivity contribution in [3.63, 3.8) is 0 Å². The van der Waals surface area contributed by atoms with Crippen LogP contribution < -0.4 is 0 Å². The van der Waals surface area contributed by atoms with Gasteiger partial charge in [-0.1, -0.05) is 0 Å². The van der Waals surface area contributed by atoms with Gasteiger partial charge in [-0.25, -0.2) is 0 Å². The minimum absolute atomic E-state index is 0.145. The lowest BCUT2D eigenvalue weighted by Gasteiger charge is -2.32. The summed E-state index contributed by atoms with van der Waals surface area (Å²) in [6, 6.07) is 3.39. The molecule has 19 heavy (non-hydrogen) atoms. The highest BCUT2D eigenvalue weighted by Gasteiger charge is 2.31. The normalized spacial score (nSPS) is 19.7. The number of guanidine groups is 1. The number of halogens is 1. The fraction of sp³-hybridized carbons (Fsp3) is 0.500. The molecule has 1 aromatic heterocycles. The van der Waals surface area contributed by atoms with E-state index in [4.69, 9.17) is 9.15 Å². The lowest BCUT2D eigenvalue weighted by molar-refractivity contribution is 0.0595. The van der Waals surface area contributed by atoms with Crippen LogP contribution in [0.2, 0.25) is 0 Å². The summed E-state index contributed by atoms with van der Waals surface area (Å²) in [6.07, 6.45) is 0. The zero-order valence-electron chi connectivity index (χ0n) is 10.3. The summed E-state index contributed by atoms with van der Waals surface area (Å²) in [5.74, 6) is 0.920. The number of furan rings is 1. The van der Waals surface area contributed by atoms with Crippen LogP contribution in [0, 0.1) is 0 Å². The number of morpholine rings is 1. The molecule has 0 N–H and O–H groups in total. The van der Waals surface area contributed by atoms with Crippen LogP contribution in [0.1, 0.15) is 10.6 Å². The van der Waals surface area contributed by atoms with Crippen molar-refractivity contribution < 1.29 is 13.9 Å². The fourth-order valence-corrected chi connectivity index (χ4v) is 2.53. The van der Waals surface area contributed by atoms with Gasteiger partial charge in [-0.15, -0.1) is 0 Å². The SMILES string of the molecule is O=C(c1ccc(Br)o1)N1CCN=C1N1CCOCC1. The van der Waals surface area contributed by atoms with Crippen molar-refractivity contribution in [2.45, 2.75) is 0 Å². The Morgan fingerprint density at radius 3 is 2.74 bits per heavy atom. The van der Waals surface area contributed by atoms with E-state index in [0.717, 1.165) is 19.0 Å². The maximum Gasteiger partial charge on any atom is 0.296 e. The standard InChI is InChI=1S/C12H14BrN3O3/c13-10-2-1-9(19-10)11(17)16-4-3-14-12(16)15-5-7-18-8-6-15/h1-2H,3-8H2. The molecule has 0 bridgehead atoms. The molecule has 1 saturated heterocycles. The smallest absolute Gasteiger partial charge is 0.296 e. The highest BCUT2D eigenvalue weighted by Crippen LogP contribution is 2.18. The van der Waals surface area contributed by atoms with Crippen LogP contribution in [0.4, 0.5) is 0 Å². The molecule has 1 amide bonds. The molecule has 0 unspecified atom stereocenters. The Morgan fingerprint density at radius 2 is 2.05 bits per heavy atom. The molecular formula is C12H14BrN3O3. The number of nitrogens with zero attached hydrogens (tertiary/aromatic N) is 3. The minimum Gasteiger partial charge on any atom is -0.444 e. The van der Waals surface area contributed by atoms with Gasteiger partial charge in [0.25, 0.3) is 5.91 Å². The van der Waals surface area contributed by atoms with Gasteiger partial charge in [0.05, 0.1) is 19.8 Å². The molecule has 7 heteroatoms. The van der Waals surface area contributed by atoms with Crippen LogP contribution in [0.3, 0.4) is 0 Å². The van der Waals surface area contributed by atoms with E-state index in [1.54, 1.807) is 17.0 Å². The van der Waals surface area contributed by atoms with E-state index in [1.165, 1.54) is 0 Å². The molecule has 1 aromatic rings. The molecule has 2 aliphatic rings. The number of rotatable bonds is 1. The lowest BCUT2D eigenvalue weighted by atomic mass is 10.3. The highest BCUT2D eigenvalue weighted by molar-refractivity contribution is 9.10. The first-order valence-electron chi connectivity index (χ1n) is 6.20. The lowest BCUT2D eigenvalue weighted by Crippen LogP contribution is -2.49. The van der Waals surface area contributed by atoms with Crippen molar-refractivity contribution in [3.8, 4) is 0 Å². The monoisotopic (exact) mass is 327 g/mol. The quantitative estimate of drug-likeness (QED) is 0.777. The molecule has 1 fully saturated rings. The first-order chi connectivity index (χ1) is 9.25. The number of ether oxygens (including phenoxy) is 1. The second kappa shape index (κ2) is 5.34. The number of hydrogen-bond donors (Lipinski definition) is 0. The Morgan fingerprint density at radius 1 is 1.26 bits per heavy atom. The first kappa shape index (κ1) is 12.7. The maximum atomic E-state index is 12.4. The van der Waals surface area contributed by atoms with E-state index >= 15 is 0 Å². The molecule has 0 spiro atoms. The Balaban J connectivity index is 1.76. The molecule has 0 radical (unpaired) electrons. The molecule has 0 atom stereocenters. The predicted molar refractivity (Wildman–Crippen MR) is 72.1 cm³/mol. The molecule has 3 heterocycles. The van der Waals surface area contributed by atoms with Crippen molar-refractivity contribution in [2.75, 3.05) is 39.4 Å². The summed E-state index contributed by atoms with van der Waals surface area (Å²) < 4.78 is 11.2. The highest BCUT2D eigenvalue weighted by atomic mass is 79.9. The van der Waals surface area contributed by atoms with Gasteiger partial charge >= 0.3 is 0 Å². The van der Waals surface area contributed by atoms with Gasteiger partial charge in [0.2, 0.25) is 5.96 Å². The topological polar surface area (TPSA) is 58.3 Å². The summed E-state index contributed by atoms with van der Waals surface area (Å²) in [4.78, 5) is 20.6. The van der Waals surface area contributed by atoms with Crippen molar-refractivity contribution >= 4 is 27.8 Å². The van der Waals surface area contributed by atoms with E-state index in [-0.39, 0.29) is 5.91 Å². The van der Waals surface area contributed by atoms with E-state index in [9.17, 15) is 4.79 Å². The van der Waals surface area contributed by atoms with Crippen LogP contribution in [0.5, 0.6) is 0 Å². The van der Waals surface area contributed by atoms with Crippen molar-refractivity contribution in [2.24, 2.45) is 4.99 Å². The second-order valence-electron chi connectivity index (χ2n) is 4.34. The Labute approximate surface area is 119 Å². The van der Waals surface area contributed by atoms with Crippen LogP contribution in [-0.4, -0.2) is 61.1 Å². The van der Waals surface area contributed by atoms with Crippen LogP contribution in [-0.2, 0) is 4.74 Å². The molecule has 0 aromatic carbocycles. The van der Waals surface area contributed by atoms with E-state index in [0.29, 0.717) is 36.7 Å². The number of aliphatic imine (C=N–C) groups is 1. The molecule has 3 rings (SSSR count).